The molecule has 0 radical (unpaired) electrons. The van der Waals surface area contributed by atoms with E-state index in [0.717, 1.165) is 6.42 Å². The fourth-order valence-electron chi connectivity index (χ4n) is 2.21. The zero-order valence-electron chi connectivity index (χ0n) is 7.69. The first kappa shape index (κ1) is 10.7. The smallest absolute Gasteiger partial charge is 0.235 e. The fourth-order valence-corrected chi connectivity index (χ4v) is 3.32. The summed E-state index contributed by atoms with van der Waals surface area (Å²) in [6, 6.07) is 0. The molecule has 0 aromatic rings. The van der Waals surface area contributed by atoms with Gasteiger partial charge in [-0.05, 0) is 12.3 Å². The molecule has 0 aromatic heterocycles. The quantitative estimate of drug-likeness (QED) is 0.664. The maximum atomic E-state index is 10.9. The van der Waals surface area contributed by atoms with E-state index in [1.165, 1.54) is 0 Å². The first-order chi connectivity index (χ1) is 6.56. The molecule has 2 heterocycles. The molecule has 4 nitrogen and oxygen atoms in total. The van der Waals surface area contributed by atoms with E-state index < -0.39 is 9.05 Å². The summed E-state index contributed by atoms with van der Waals surface area (Å²) >= 11 is 0. The van der Waals surface area contributed by atoms with Gasteiger partial charge in [-0.2, -0.15) is 0 Å². The Morgan fingerprint density at radius 3 is 2.86 bits per heavy atom. The number of hydrogen-bond acceptors (Lipinski definition) is 4. The van der Waals surface area contributed by atoms with Gasteiger partial charge in [-0.15, -0.1) is 0 Å². The molecule has 0 aromatic carbocycles. The summed E-state index contributed by atoms with van der Waals surface area (Å²) in [4.78, 5) is 0. The summed E-state index contributed by atoms with van der Waals surface area (Å²) in [6.45, 7) is 1.98. The predicted molar refractivity (Wildman–Crippen MR) is 51.8 cm³/mol. The molecule has 0 spiro atoms. The van der Waals surface area contributed by atoms with Gasteiger partial charge in [0.2, 0.25) is 9.05 Å². The van der Waals surface area contributed by atoms with Crippen molar-refractivity contribution < 1.29 is 17.9 Å². The molecule has 2 fully saturated rings. The van der Waals surface area contributed by atoms with Crippen molar-refractivity contribution in [2.24, 2.45) is 11.8 Å². The fraction of sp³-hybridized carbons (Fsp3) is 1.00. The van der Waals surface area contributed by atoms with Gasteiger partial charge in [0.1, 0.15) is 0 Å². The highest BCUT2D eigenvalue weighted by Crippen LogP contribution is 2.34. The minimum atomic E-state index is -3.45. The Morgan fingerprint density at radius 1 is 1.36 bits per heavy atom. The SMILES string of the molecule is O=S(=O)(Cl)CC1OC[C@@H]2COCC[C@H]12. The zero-order valence-corrected chi connectivity index (χ0v) is 9.26. The number of fused-ring (bicyclic) bond motifs is 1. The van der Waals surface area contributed by atoms with Crippen LogP contribution in [0.15, 0.2) is 0 Å². The van der Waals surface area contributed by atoms with E-state index in [-0.39, 0.29) is 11.9 Å². The lowest BCUT2D eigenvalue weighted by Gasteiger charge is -2.26. The van der Waals surface area contributed by atoms with E-state index in [2.05, 4.69) is 0 Å². The van der Waals surface area contributed by atoms with E-state index in [9.17, 15) is 8.42 Å². The Morgan fingerprint density at radius 2 is 2.14 bits per heavy atom. The number of hydrogen-bond donors (Lipinski definition) is 0. The first-order valence-electron chi connectivity index (χ1n) is 4.68. The summed E-state index contributed by atoms with van der Waals surface area (Å²) in [7, 11) is 1.75. The summed E-state index contributed by atoms with van der Waals surface area (Å²) < 4.78 is 32.6. The molecule has 0 saturated carbocycles. The molecule has 6 heteroatoms. The molecular weight excluding hydrogens is 228 g/mol. The molecule has 82 valence electrons. The number of ether oxygens (including phenoxy) is 2. The van der Waals surface area contributed by atoms with Gasteiger partial charge in [0, 0.05) is 23.2 Å². The molecule has 14 heavy (non-hydrogen) atoms. The summed E-state index contributed by atoms with van der Waals surface area (Å²) in [5.41, 5.74) is 0. The average Bonchev–Trinajstić information content (AvgIpc) is 2.47. The van der Waals surface area contributed by atoms with Crippen LogP contribution >= 0.6 is 10.7 Å². The highest BCUT2D eigenvalue weighted by molar-refractivity contribution is 8.13. The van der Waals surface area contributed by atoms with Gasteiger partial charge < -0.3 is 9.47 Å². The average molecular weight is 241 g/mol. The Bertz CT molecular complexity index is 302. The van der Waals surface area contributed by atoms with Crippen molar-refractivity contribution >= 4 is 19.7 Å². The van der Waals surface area contributed by atoms with E-state index in [1.54, 1.807) is 0 Å². The third-order valence-corrected chi connectivity index (χ3v) is 4.00. The molecule has 0 N–H and O–H groups in total. The lowest BCUT2D eigenvalue weighted by molar-refractivity contribution is 0.0312. The van der Waals surface area contributed by atoms with Gasteiger partial charge in [-0.25, -0.2) is 8.42 Å². The van der Waals surface area contributed by atoms with Crippen LogP contribution in [0.25, 0.3) is 0 Å². The summed E-state index contributed by atoms with van der Waals surface area (Å²) in [5.74, 6) is 0.583. The first-order valence-corrected chi connectivity index (χ1v) is 7.16. The van der Waals surface area contributed by atoms with Crippen molar-refractivity contribution in [3.63, 3.8) is 0 Å². The maximum Gasteiger partial charge on any atom is 0.235 e. The van der Waals surface area contributed by atoms with E-state index in [4.69, 9.17) is 20.2 Å². The highest BCUT2D eigenvalue weighted by Gasteiger charge is 2.40. The Labute approximate surface area is 87.9 Å². The number of rotatable bonds is 2. The lowest BCUT2D eigenvalue weighted by Crippen LogP contribution is -2.32. The Kier molecular flexibility index (Phi) is 3.02. The molecule has 0 aliphatic carbocycles. The second-order valence-electron chi connectivity index (χ2n) is 3.86. The van der Waals surface area contributed by atoms with Crippen LogP contribution in [0.4, 0.5) is 0 Å². The van der Waals surface area contributed by atoms with Gasteiger partial charge in [-0.1, -0.05) is 0 Å². The van der Waals surface area contributed by atoms with Crippen molar-refractivity contribution in [2.45, 2.75) is 12.5 Å². The van der Waals surface area contributed by atoms with Crippen molar-refractivity contribution in [1.82, 2.24) is 0 Å². The zero-order chi connectivity index (χ0) is 10.2. The van der Waals surface area contributed by atoms with Crippen LogP contribution in [-0.4, -0.2) is 40.1 Å². The standard InChI is InChI=1S/C8H13ClO4S/c9-14(10,11)5-8-7-1-2-12-3-6(7)4-13-8/h6-8H,1-5H2/t6-,7-,8?/m0/s1. The minimum absolute atomic E-state index is 0.0737. The second kappa shape index (κ2) is 3.96. The normalized spacial score (nSPS) is 38.2. The third kappa shape index (κ3) is 2.39. The molecule has 1 unspecified atom stereocenters. The van der Waals surface area contributed by atoms with Gasteiger partial charge in [0.25, 0.3) is 0 Å². The van der Waals surface area contributed by atoms with Gasteiger partial charge in [-0.3, -0.25) is 0 Å². The molecule has 2 aliphatic heterocycles. The van der Waals surface area contributed by atoms with Gasteiger partial charge in [0.15, 0.2) is 0 Å². The van der Waals surface area contributed by atoms with Crippen LogP contribution in [0.3, 0.4) is 0 Å². The molecular formula is C8H13ClO4S. The molecule has 2 saturated heterocycles. The van der Waals surface area contributed by atoms with Gasteiger partial charge in [0.05, 0.1) is 25.1 Å². The van der Waals surface area contributed by atoms with Crippen LogP contribution < -0.4 is 0 Å². The van der Waals surface area contributed by atoms with Crippen LogP contribution in [-0.2, 0) is 18.5 Å². The predicted octanol–water partition coefficient (Wildman–Crippen LogP) is 0.607. The maximum absolute atomic E-state index is 10.9. The topological polar surface area (TPSA) is 52.6 Å². The third-order valence-electron chi connectivity index (χ3n) is 2.90. The Balaban J connectivity index is 2.01. The van der Waals surface area contributed by atoms with Crippen molar-refractivity contribution in [3.05, 3.63) is 0 Å². The monoisotopic (exact) mass is 240 g/mol. The van der Waals surface area contributed by atoms with Crippen LogP contribution in [0, 0.1) is 11.8 Å². The number of halogens is 1. The van der Waals surface area contributed by atoms with E-state index in [1.807, 2.05) is 0 Å². The molecule has 3 atom stereocenters. The lowest BCUT2D eigenvalue weighted by atomic mass is 9.88. The van der Waals surface area contributed by atoms with E-state index >= 15 is 0 Å². The van der Waals surface area contributed by atoms with Gasteiger partial charge >= 0.3 is 0 Å². The summed E-state index contributed by atoms with van der Waals surface area (Å²) in [5, 5.41) is 0. The molecule has 0 amide bonds. The van der Waals surface area contributed by atoms with Crippen LogP contribution in [0.5, 0.6) is 0 Å². The summed E-state index contributed by atoms with van der Waals surface area (Å²) in [6.07, 6.45) is 0.647. The molecule has 2 rings (SSSR count). The van der Waals surface area contributed by atoms with Crippen LogP contribution in [0.2, 0.25) is 0 Å². The van der Waals surface area contributed by atoms with Crippen LogP contribution in [0.1, 0.15) is 6.42 Å². The second-order valence-corrected chi connectivity index (χ2v) is 6.69. The molecule has 0 bridgehead atoms. The highest BCUT2D eigenvalue weighted by atomic mass is 35.7. The van der Waals surface area contributed by atoms with E-state index in [0.29, 0.717) is 31.7 Å². The Hall–Kier alpha value is 0.160. The minimum Gasteiger partial charge on any atom is -0.381 e. The van der Waals surface area contributed by atoms with Crippen molar-refractivity contribution in [1.29, 1.82) is 0 Å². The van der Waals surface area contributed by atoms with Crippen molar-refractivity contribution in [3.8, 4) is 0 Å². The molecule has 2 aliphatic rings. The van der Waals surface area contributed by atoms with Crippen molar-refractivity contribution in [2.75, 3.05) is 25.6 Å². The largest absolute Gasteiger partial charge is 0.381 e.